The first-order valence-corrected chi connectivity index (χ1v) is 5.74. The van der Waals surface area contributed by atoms with Gasteiger partial charge in [0.1, 0.15) is 11.1 Å². The van der Waals surface area contributed by atoms with Crippen molar-refractivity contribution in [1.82, 2.24) is 9.97 Å². The van der Waals surface area contributed by atoms with Crippen LogP contribution < -0.4 is 0 Å². The maximum atomic E-state index is 10.7. The van der Waals surface area contributed by atoms with Crippen LogP contribution in [-0.4, -0.2) is 21.0 Å². The molecule has 0 unspecified atom stereocenters. The fourth-order valence-corrected chi connectivity index (χ4v) is 1.94. The van der Waals surface area contributed by atoms with Gasteiger partial charge in [-0.1, -0.05) is 11.8 Å². The van der Waals surface area contributed by atoms with Crippen LogP contribution >= 0.6 is 11.8 Å². The Morgan fingerprint density at radius 1 is 1.22 bits per heavy atom. The van der Waals surface area contributed by atoms with Crippen LogP contribution in [0.4, 0.5) is 0 Å². The Labute approximate surface area is 107 Å². The molecule has 0 atom stereocenters. The Kier molecular flexibility index (Phi) is 3.55. The molecule has 0 radical (unpaired) electrons. The molecule has 1 heterocycles. The summed E-state index contributed by atoms with van der Waals surface area (Å²) in [6.07, 6.45) is 2.91. The van der Waals surface area contributed by atoms with Crippen molar-refractivity contribution in [3.8, 4) is 6.07 Å². The molecule has 88 valence electrons. The maximum Gasteiger partial charge on any atom is 0.335 e. The van der Waals surface area contributed by atoms with Crippen LogP contribution in [0.25, 0.3) is 0 Å². The maximum absolute atomic E-state index is 10.7. The minimum absolute atomic E-state index is 0.241. The lowest BCUT2D eigenvalue weighted by atomic mass is 10.2. The van der Waals surface area contributed by atoms with Crippen LogP contribution in [0.3, 0.4) is 0 Å². The number of aromatic nitrogens is 2. The molecule has 18 heavy (non-hydrogen) atoms. The van der Waals surface area contributed by atoms with Gasteiger partial charge in [-0.2, -0.15) is 5.26 Å². The van der Waals surface area contributed by atoms with Crippen molar-refractivity contribution in [1.29, 1.82) is 5.26 Å². The Morgan fingerprint density at radius 2 is 1.94 bits per heavy atom. The van der Waals surface area contributed by atoms with Crippen LogP contribution in [0.1, 0.15) is 16.1 Å². The number of nitrogens with zero attached hydrogens (tertiary/aromatic N) is 3. The predicted octanol–water partition coefficient (Wildman–Crippen LogP) is 2.20. The van der Waals surface area contributed by atoms with Gasteiger partial charge in [0.25, 0.3) is 0 Å². The van der Waals surface area contributed by atoms with E-state index in [-0.39, 0.29) is 11.3 Å². The molecule has 1 aromatic heterocycles. The largest absolute Gasteiger partial charge is 0.478 e. The monoisotopic (exact) mass is 257 g/mol. The molecule has 0 saturated carbocycles. The summed E-state index contributed by atoms with van der Waals surface area (Å²) in [6, 6.07) is 8.35. The normalized spacial score (nSPS) is 9.72. The highest BCUT2D eigenvalue weighted by atomic mass is 32.2. The number of carbonyl (C=O) groups is 1. The summed E-state index contributed by atoms with van der Waals surface area (Å²) in [4.78, 5) is 19.5. The second-order valence-electron chi connectivity index (χ2n) is 3.28. The molecule has 0 spiro atoms. The standard InChI is InChI=1S/C12H7N3O2S/c13-5-9-6-15-11(7-14-9)18-10-3-1-8(2-4-10)12(16)17/h1-4,6-7H,(H,16,17). The number of benzene rings is 1. The average Bonchev–Trinajstić information content (AvgIpc) is 2.40. The lowest BCUT2D eigenvalue weighted by Gasteiger charge is -2.00. The number of carboxylic acids is 1. The van der Waals surface area contributed by atoms with Gasteiger partial charge in [0.2, 0.25) is 0 Å². The van der Waals surface area contributed by atoms with E-state index in [2.05, 4.69) is 9.97 Å². The molecule has 1 aromatic carbocycles. The molecule has 0 aliphatic carbocycles. The Hall–Kier alpha value is -2.39. The van der Waals surface area contributed by atoms with Crippen molar-refractivity contribution in [3.63, 3.8) is 0 Å². The minimum atomic E-state index is -0.954. The van der Waals surface area contributed by atoms with E-state index >= 15 is 0 Å². The number of hydrogen-bond donors (Lipinski definition) is 1. The Morgan fingerprint density at radius 3 is 2.44 bits per heavy atom. The van der Waals surface area contributed by atoms with E-state index in [1.807, 2.05) is 6.07 Å². The lowest BCUT2D eigenvalue weighted by Crippen LogP contribution is -1.94. The number of nitriles is 1. The zero-order valence-electron chi connectivity index (χ0n) is 9.07. The number of hydrogen-bond acceptors (Lipinski definition) is 5. The summed E-state index contributed by atoms with van der Waals surface area (Å²) < 4.78 is 0. The molecule has 5 nitrogen and oxygen atoms in total. The van der Waals surface area contributed by atoms with E-state index in [9.17, 15) is 4.79 Å². The number of rotatable bonds is 3. The second kappa shape index (κ2) is 5.29. The number of carboxylic acid groups (broad SMARTS) is 1. The molecule has 0 aliphatic heterocycles. The van der Waals surface area contributed by atoms with Crippen LogP contribution in [-0.2, 0) is 0 Å². The van der Waals surface area contributed by atoms with E-state index in [4.69, 9.17) is 10.4 Å². The lowest BCUT2D eigenvalue weighted by molar-refractivity contribution is 0.0697. The molecular weight excluding hydrogens is 250 g/mol. The van der Waals surface area contributed by atoms with Gasteiger partial charge in [-0.05, 0) is 24.3 Å². The summed E-state index contributed by atoms with van der Waals surface area (Å²) in [7, 11) is 0. The summed E-state index contributed by atoms with van der Waals surface area (Å²) in [5.41, 5.74) is 0.505. The third-order valence-corrected chi connectivity index (χ3v) is 2.99. The van der Waals surface area contributed by atoms with Crippen molar-refractivity contribution >= 4 is 17.7 Å². The van der Waals surface area contributed by atoms with Crippen molar-refractivity contribution in [2.75, 3.05) is 0 Å². The summed E-state index contributed by atoms with van der Waals surface area (Å²) in [5, 5.41) is 18.0. The molecule has 0 saturated heterocycles. The summed E-state index contributed by atoms with van der Waals surface area (Å²) in [5.74, 6) is -0.954. The summed E-state index contributed by atoms with van der Waals surface area (Å²) in [6.45, 7) is 0. The van der Waals surface area contributed by atoms with Gasteiger partial charge < -0.3 is 5.11 Å². The molecule has 0 bridgehead atoms. The molecule has 2 rings (SSSR count). The quantitative estimate of drug-likeness (QED) is 0.906. The van der Waals surface area contributed by atoms with E-state index in [0.717, 1.165) is 4.90 Å². The van der Waals surface area contributed by atoms with E-state index in [0.29, 0.717) is 5.03 Å². The topological polar surface area (TPSA) is 86.9 Å². The fourth-order valence-electron chi connectivity index (χ4n) is 1.21. The fraction of sp³-hybridized carbons (Fsp3) is 0. The van der Waals surface area contributed by atoms with Gasteiger partial charge in [0.05, 0.1) is 18.0 Å². The third-order valence-electron chi connectivity index (χ3n) is 2.07. The Bertz CT molecular complexity index is 603. The highest BCUT2D eigenvalue weighted by molar-refractivity contribution is 7.99. The molecule has 0 amide bonds. The third kappa shape index (κ3) is 2.84. The average molecular weight is 257 g/mol. The zero-order valence-corrected chi connectivity index (χ0v) is 9.89. The zero-order chi connectivity index (χ0) is 13.0. The summed E-state index contributed by atoms with van der Waals surface area (Å²) >= 11 is 1.35. The van der Waals surface area contributed by atoms with Crippen LogP contribution in [0.15, 0.2) is 46.6 Å². The molecule has 0 aliphatic rings. The molecule has 6 heteroatoms. The highest BCUT2D eigenvalue weighted by Crippen LogP contribution is 2.25. The predicted molar refractivity (Wildman–Crippen MR) is 64.3 cm³/mol. The van der Waals surface area contributed by atoms with Crippen LogP contribution in [0, 0.1) is 11.3 Å². The van der Waals surface area contributed by atoms with E-state index in [1.165, 1.54) is 36.3 Å². The van der Waals surface area contributed by atoms with Gasteiger partial charge >= 0.3 is 5.97 Å². The molecule has 2 aromatic rings. The second-order valence-corrected chi connectivity index (χ2v) is 4.38. The van der Waals surface area contributed by atoms with Gasteiger partial charge in [0.15, 0.2) is 5.69 Å². The van der Waals surface area contributed by atoms with Crippen molar-refractivity contribution in [2.45, 2.75) is 9.92 Å². The minimum Gasteiger partial charge on any atom is -0.478 e. The first-order valence-electron chi connectivity index (χ1n) is 4.92. The highest BCUT2D eigenvalue weighted by Gasteiger charge is 2.04. The first-order chi connectivity index (χ1) is 8.69. The van der Waals surface area contributed by atoms with Gasteiger partial charge in [0, 0.05) is 4.90 Å². The van der Waals surface area contributed by atoms with Crippen LogP contribution in [0.2, 0.25) is 0 Å². The van der Waals surface area contributed by atoms with Crippen molar-refractivity contribution in [2.24, 2.45) is 0 Å². The SMILES string of the molecule is N#Cc1cnc(Sc2ccc(C(=O)O)cc2)cn1. The van der Waals surface area contributed by atoms with Gasteiger partial charge in [-0.3, -0.25) is 0 Å². The smallest absolute Gasteiger partial charge is 0.335 e. The molecular formula is C12H7N3O2S. The Balaban J connectivity index is 2.13. The van der Waals surface area contributed by atoms with Gasteiger partial charge in [-0.15, -0.1) is 0 Å². The molecule has 1 N–H and O–H groups in total. The first kappa shape index (κ1) is 12.1. The van der Waals surface area contributed by atoms with E-state index in [1.54, 1.807) is 12.1 Å². The number of aromatic carboxylic acids is 1. The van der Waals surface area contributed by atoms with Crippen molar-refractivity contribution < 1.29 is 9.90 Å². The molecule has 0 fully saturated rings. The van der Waals surface area contributed by atoms with Crippen molar-refractivity contribution in [3.05, 3.63) is 47.9 Å². The van der Waals surface area contributed by atoms with Crippen LogP contribution in [0.5, 0.6) is 0 Å². The van der Waals surface area contributed by atoms with E-state index < -0.39 is 5.97 Å². The van der Waals surface area contributed by atoms with Gasteiger partial charge in [-0.25, -0.2) is 14.8 Å².